The van der Waals surface area contributed by atoms with Crippen molar-refractivity contribution in [1.82, 2.24) is 9.97 Å². The molecule has 0 bridgehead atoms. The molecule has 0 aliphatic carbocycles. The van der Waals surface area contributed by atoms with Crippen LogP contribution < -0.4 is 4.74 Å². The SMILES string of the molecule is CC(C)CC(C)Oc1nccnc1Cl. The molecule has 1 aromatic rings. The Morgan fingerprint density at radius 1 is 1.29 bits per heavy atom. The van der Waals surface area contributed by atoms with E-state index in [0.717, 1.165) is 6.42 Å². The summed E-state index contributed by atoms with van der Waals surface area (Å²) < 4.78 is 5.55. The molecule has 1 rings (SSSR count). The van der Waals surface area contributed by atoms with Crippen molar-refractivity contribution >= 4 is 11.6 Å². The van der Waals surface area contributed by atoms with Crippen LogP contribution in [0.5, 0.6) is 5.88 Å². The maximum absolute atomic E-state index is 5.81. The average molecular weight is 215 g/mol. The third-order valence-corrected chi connectivity index (χ3v) is 2.00. The first kappa shape index (κ1) is 11.2. The second-order valence-corrected chi connectivity index (χ2v) is 4.07. The Labute approximate surface area is 89.5 Å². The minimum atomic E-state index is 0.115. The number of ether oxygens (including phenoxy) is 1. The minimum absolute atomic E-state index is 0.115. The quantitative estimate of drug-likeness (QED) is 0.773. The topological polar surface area (TPSA) is 35.0 Å². The lowest BCUT2D eigenvalue weighted by molar-refractivity contribution is 0.185. The Morgan fingerprint density at radius 2 is 1.93 bits per heavy atom. The minimum Gasteiger partial charge on any atom is -0.472 e. The lowest BCUT2D eigenvalue weighted by Gasteiger charge is -2.15. The molecule has 0 N–H and O–H groups in total. The first-order chi connectivity index (χ1) is 6.59. The molecule has 0 saturated carbocycles. The third-order valence-electron chi connectivity index (χ3n) is 1.74. The van der Waals surface area contributed by atoms with Gasteiger partial charge in [0, 0.05) is 12.4 Å². The smallest absolute Gasteiger partial charge is 0.252 e. The second kappa shape index (κ2) is 5.15. The van der Waals surface area contributed by atoms with Crippen LogP contribution in [-0.4, -0.2) is 16.1 Å². The normalized spacial score (nSPS) is 12.9. The van der Waals surface area contributed by atoms with Crippen molar-refractivity contribution in [3.8, 4) is 5.88 Å². The summed E-state index contributed by atoms with van der Waals surface area (Å²) in [7, 11) is 0. The summed E-state index contributed by atoms with van der Waals surface area (Å²) >= 11 is 5.81. The standard InChI is InChI=1S/C10H15ClN2O/c1-7(2)6-8(3)14-10-9(11)12-4-5-13-10/h4-5,7-8H,6H2,1-3H3. The van der Waals surface area contributed by atoms with Crippen molar-refractivity contribution < 1.29 is 4.74 Å². The zero-order chi connectivity index (χ0) is 10.6. The van der Waals surface area contributed by atoms with Crippen molar-refractivity contribution in [3.05, 3.63) is 17.5 Å². The largest absolute Gasteiger partial charge is 0.472 e. The molecule has 0 radical (unpaired) electrons. The molecule has 0 amide bonds. The van der Waals surface area contributed by atoms with Crippen molar-refractivity contribution in [2.75, 3.05) is 0 Å². The molecule has 0 aromatic carbocycles. The predicted octanol–water partition coefficient (Wildman–Crippen LogP) is 2.94. The summed E-state index contributed by atoms with van der Waals surface area (Å²) in [6.07, 6.45) is 4.21. The highest BCUT2D eigenvalue weighted by molar-refractivity contribution is 6.30. The molecule has 1 atom stereocenters. The van der Waals surface area contributed by atoms with E-state index in [1.165, 1.54) is 0 Å². The van der Waals surface area contributed by atoms with Gasteiger partial charge >= 0.3 is 0 Å². The molecule has 0 saturated heterocycles. The molecule has 1 aromatic heterocycles. The summed E-state index contributed by atoms with van der Waals surface area (Å²) in [5.41, 5.74) is 0. The Morgan fingerprint density at radius 3 is 2.50 bits per heavy atom. The zero-order valence-electron chi connectivity index (χ0n) is 8.70. The molecule has 78 valence electrons. The van der Waals surface area contributed by atoms with E-state index in [1.807, 2.05) is 6.92 Å². The van der Waals surface area contributed by atoms with E-state index in [4.69, 9.17) is 16.3 Å². The van der Waals surface area contributed by atoms with Crippen LogP contribution in [0.3, 0.4) is 0 Å². The zero-order valence-corrected chi connectivity index (χ0v) is 9.45. The third kappa shape index (κ3) is 3.50. The van der Waals surface area contributed by atoms with E-state index in [0.29, 0.717) is 17.0 Å². The Balaban J connectivity index is 2.56. The van der Waals surface area contributed by atoms with Gasteiger partial charge in [-0.3, -0.25) is 0 Å². The molecular weight excluding hydrogens is 200 g/mol. The molecule has 0 aliphatic heterocycles. The van der Waals surface area contributed by atoms with Gasteiger partial charge in [-0.25, -0.2) is 9.97 Å². The van der Waals surface area contributed by atoms with Crippen molar-refractivity contribution in [2.45, 2.75) is 33.3 Å². The van der Waals surface area contributed by atoms with Gasteiger partial charge in [-0.1, -0.05) is 25.4 Å². The number of halogens is 1. The first-order valence-corrected chi connectivity index (χ1v) is 5.10. The molecule has 1 heterocycles. The summed E-state index contributed by atoms with van der Waals surface area (Å²) in [6.45, 7) is 6.31. The van der Waals surface area contributed by atoms with E-state index in [1.54, 1.807) is 12.4 Å². The first-order valence-electron chi connectivity index (χ1n) is 4.72. The fourth-order valence-corrected chi connectivity index (χ4v) is 1.44. The second-order valence-electron chi connectivity index (χ2n) is 3.71. The Hall–Kier alpha value is -0.830. The van der Waals surface area contributed by atoms with Crippen LogP contribution >= 0.6 is 11.6 Å². The van der Waals surface area contributed by atoms with Crippen molar-refractivity contribution in [2.24, 2.45) is 5.92 Å². The van der Waals surface area contributed by atoms with E-state index in [-0.39, 0.29) is 6.10 Å². The van der Waals surface area contributed by atoms with Gasteiger partial charge in [0.05, 0.1) is 6.10 Å². The van der Waals surface area contributed by atoms with Gasteiger partial charge in [0.2, 0.25) is 0 Å². The van der Waals surface area contributed by atoms with Gasteiger partial charge < -0.3 is 4.74 Å². The summed E-state index contributed by atoms with van der Waals surface area (Å²) in [5, 5.41) is 0.322. The van der Waals surface area contributed by atoms with Crippen molar-refractivity contribution in [3.63, 3.8) is 0 Å². The van der Waals surface area contributed by atoms with Gasteiger partial charge in [-0.15, -0.1) is 0 Å². The van der Waals surface area contributed by atoms with E-state index >= 15 is 0 Å². The van der Waals surface area contributed by atoms with Gasteiger partial charge in [0.25, 0.3) is 5.88 Å². The highest BCUT2D eigenvalue weighted by Gasteiger charge is 2.10. The van der Waals surface area contributed by atoms with Crippen LogP contribution in [0.2, 0.25) is 5.15 Å². The fourth-order valence-electron chi connectivity index (χ4n) is 1.29. The van der Waals surface area contributed by atoms with Crippen LogP contribution in [0.25, 0.3) is 0 Å². The molecule has 0 aliphatic rings. The molecule has 0 fully saturated rings. The van der Waals surface area contributed by atoms with Crippen LogP contribution in [-0.2, 0) is 0 Å². The summed E-state index contributed by atoms with van der Waals surface area (Å²) in [4.78, 5) is 7.90. The fraction of sp³-hybridized carbons (Fsp3) is 0.600. The molecular formula is C10H15ClN2O. The van der Waals surface area contributed by atoms with Crippen molar-refractivity contribution in [1.29, 1.82) is 0 Å². The van der Waals surface area contributed by atoms with Crippen LogP contribution in [0.4, 0.5) is 0 Å². The number of rotatable bonds is 4. The maximum atomic E-state index is 5.81. The van der Waals surface area contributed by atoms with Crippen LogP contribution in [0.15, 0.2) is 12.4 Å². The molecule has 0 spiro atoms. The number of hydrogen-bond donors (Lipinski definition) is 0. The molecule has 14 heavy (non-hydrogen) atoms. The Kier molecular flexibility index (Phi) is 4.14. The van der Waals surface area contributed by atoms with Gasteiger partial charge in [-0.2, -0.15) is 0 Å². The van der Waals surface area contributed by atoms with Gasteiger partial charge in [-0.05, 0) is 19.3 Å². The number of hydrogen-bond acceptors (Lipinski definition) is 3. The van der Waals surface area contributed by atoms with Gasteiger partial charge in [0.1, 0.15) is 0 Å². The molecule has 1 unspecified atom stereocenters. The number of nitrogens with zero attached hydrogens (tertiary/aromatic N) is 2. The molecule has 4 heteroatoms. The highest BCUT2D eigenvalue weighted by atomic mass is 35.5. The number of aromatic nitrogens is 2. The van der Waals surface area contributed by atoms with Crippen LogP contribution in [0.1, 0.15) is 27.2 Å². The maximum Gasteiger partial charge on any atom is 0.252 e. The van der Waals surface area contributed by atoms with Gasteiger partial charge in [0.15, 0.2) is 5.15 Å². The molecule has 3 nitrogen and oxygen atoms in total. The van der Waals surface area contributed by atoms with E-state index in [2.05, 4.69) is 23.8 Å². The van der Waals surface area contributed by atoms with E-state index < -0.39 is 0 Å². The lowest BCUT2D eigenvalue weighted by Crippen LogP contribution is -2.15. The monoisotopic (exact) mass is 214 g/mol. The summed E-state index contributed by atoms with van der Waals surface area (Å²) in [5.74, 6) is 1.02. The predicted molar refractivity (Wildman–Crippen MR) is 56.6 cm³/mol. The lowest BCUT2D eigenvalue weighted by atomic mass is 10.1. The highest BCUT2D eigenvalue weighted by Crippen LogP contribution is 2.20. The van der Waals surface area contributed by atoms with E-state index in [9.17, 15) is 0 Å². The summed E-state index contributed by atoms with van der Waals surface area (Å²) in [6, 6.07) is 0. The Bertz CT molecular complexity index is 291. The average Bonchev–Trinajstić information content (AvgIpc) is 2.07. The van der Waals surface area contributed by atoms with Crippen LogP contribution in [0, 0.1) is 5.92 Å².